The molecule has 0 saturated carbocycles. The van der Waals surface area contributed by atoms with Gasteiger partial charge in [-0.2, -0.15) is 0 Å². The summed E-state index contributed by atoms with van der Waals surface area (Å²) in [6, 6.07) is 10.8. The van der Waals surface area contributed by atoms with Crippen molar-refractivity contribution in [1.82, 2.24) is 9.29 Å². The molecule has 3 rings (SSSR count). The number of nitrogens with zero attached hydrogens (tertiary/aromatic N) is 1. The molecule has 3 aromatic rings. The van der Waals surface area contributed by atoms with E-state index in [1.165, 1.54) is 6.07 Å². The second-order valence-electron chi connectivity index (χ2n) is 5.17. The van der Waals surface area contributed by atoms with Gasteiger partial charge in [-0.25, -0.2) is 13.1 Å². The van der Waals surface area contributed by atoms with Gasteiger partial charge in [0.2, 0.25) is 10.0 Å². The average Bonchev–Trinajstić information content (AvgIpc) is 3.12. The lowest BCUT2D eigenvalue weighted by molar-refractivity contribution is 0.182. The Kier molecular flexibility index (Phi) is 4.61. The Hall–Kier alpha value is -1.19. The Balaban J connectivity index is 1.74. The van der Waals surface area contributed by atoms with Crippen LogP contribution in [0.15, 0.2) is 50.6 Å². The van der Waals surface area contributed by atoms with Gasteiger partial charge in [0.25, 0.3) is 0 Å². The second-order valence-corrected chi connectivity index (χ2v) is 9.63. The van der Waals surface area contributed by atoms with Crippen molar-refractivity contribution in [2.45, 2.75) is 10.3 Å². The number of nitrogens with one attached hydrogen (secondary N) is 1. The normalized spacial score (nSPS) is 13.5. The summed E-state index contributed by atoms with van der Waals surface area (Å²) >= 11 is 4.37. The topological polar surface area (TPSA) is 71.3 Å². The first-order valence-corrected chi connectivity index (χ1v) is 9.94. The van der Waals surface area contributed by atoms with Crippen LogP contribution in [-0.2, 0) is 17.1 Å². The van der Waals surface area contributed by atoms with Gasteiger partial charge in [0.15, 0.2) is 0 Å². The largest absolute Gasteiger partial charge is 0.387 e. The molecule has 0 spiro atoms. The Morgan fingerprint density at radius 1 is 1.30 bits per heavy atom. The Labute approximate surface area is 146 Å². The fourth-order valence-corrected chi connectivity index (χ4v) is 5.42. The third-order valence-electron chi connectivity index (χ3n) is 3.57. The van der Waals surface area contributed by atoms with E-state index in [4.69, 9.17) is 0 Å². The minimum Gasteiger partial charge on any atom is -0.387 e. The van der Waals surface area contributed by atoms with Gasteiger partial charge < -0.3 is 9.67 Å². The molecule has 23 heavy (non-hydrogen) atoms. The minimum atomic E-state index is -3.61. The summed E-state index contributed by atoms with van der Waals surface area (Å²) in [5.41, 5.74) is 1.74. The van der Waals surface area contributed by atoms with Crippen LogP contribution in [0.4, 0.5) is 0 Å². The molecule has 0 fully saturated rings. The first-order valence-electron chi connectivity index (χ1n) is 6.85. The predicted octanol–water partition coefficient (Wildman–Crippen LogP) is 3.01. The van der Waals surface area contributed by atoms with Crippen molar-refractivity contribution in [1.29, 1.82) is 0 Å². The molecule has 0 bridgehead atoms. The molecule has 0 aliphatic carbocycles. The van der Waals surface area contributed by atoms with Gasteiger partial charge in [-0.1, -0.05) is 6.07 Å². The van der Waals surface area contributed by atoms with Gasteiger partial charge in [-0.15, -0.1) is 11.3 Å². The smallest absolute Gasteiger partial charge is 0.250 e. The van der Waals surface area contributed by atoms with Crippen LogP contribution in [0.1, 0.15) is 11.7 Å². The van der Waals surface area contributed by atoms with Crippen LogP contribution in [0, 0.1) is 0 Å². The van der Waals surface area contributed by atoms with Gasteiger partial charge >= 0.3 is 0 Å². The zero-order valence-electron chi connectivity index (χ0n) is 12.2. The van der Waals surface area contributed by atoms with Crippen LogP contribution in [0.2, 0.25) is 0 Å². The summed E-state index contributed by atoms with van der Waals surface area (Å²) in [5.74, 6) is 0. The second kappa shape index (κ2) is 6.37. The molecular weight excluding hydrogens is 400 g/mol. The molecule has 0 amide bonds. The van der Waals surface area contributed by atoms with E-state index in [0.29, 0.717) is 5.56 Å². The number of aliphatic hydroxyl groups is 1. The summed E-state index contributed by atoms with van der Waals surface area (Å²) in [7, 11) is -1.66. The SMILES string of the molecule is Cn1ccc2cc([C@@H](O)CNS(=O)(=O)c3ccc(Br)s3)ccc21. The standard InChI is InChI=1S/C15H15BrN2O3S2/c1-18-7-6-10-8-11(2-3-12(10)18)13(19)9-17-23(20,21)15-5-4-14(16)22-15/h2-8,13,17,19H,9H2,1H3/t13-/m0/s1. The average molecular weight is 415 g/mol. The number of thiophene rings is 1. The zero-order valence-corrected chi connectivity index (χ0v) is 15.5. The highest BCUT2D eigenvalue weighted by molar-refractivity contribution is 9.11. The van der Waals surface area contributed by atoms with Gasteiger partial charge in [-0.3, -0.25) is 0 Å². The molecule has 0 aliphatic heterocycles. The summed E-state index contributed by atoms with van der Waals surface area (Å²) in [6.07, 6.45) is 1.04. The molecule has 1 atom stereocenters. The predicted molar refractivity (Wildman–Crippen MR) is 95.1 cm³/mol. The van der Waals surface area contributed by atoms with Crippen molar-refractivity contribution in [3.63, 3.8) is 0 Å². The highest BCUT2D eigenvalue weighted by atomic mass is 79.9. The fourth-order valence-electron chi connectivity index (χ4n) is 2.33. The number of halogens is 1. The van der Waals surface area contributed by atoms with Crippen LogP contribution in [0.25, 0.3) is 10.9 Å². The molecule has 122 valence electrons. The lowest BCUT2D eigenvalue weighted by Crippen LogP contribution is -2.28. The molecule has 0 radical (unpaired) electrons. The molecule has 1 aromatic carbocycles. The van der Waals surface area contributed by atoms with Gasteiger partial charge in [-0.05, 0) is 57.2 Å². The number of hydrogen-bond donors (Lipinski definition) is 2. The summed E-state index contributed by atoms with van der Waals surface area (Å²) < 4.78 is 29.7. The van der Waals surface area contributed by atoms with Crippen LogP contribution < -0.4 is 4.72 Å². The number of fused-ring (bicyclic) bond motifs is 1. The zero-order chi connectivity index (χ0) is 16.6. The highest BCUT2D eigenvalue weighted by Gasteiger charge is 2.18. The quantitative estimate of drug-likeness (QED) is 0.673. The third kappa shape index (κ3) is 3.51. The fraction of sp³-hybridized carbons (Fsp3) is 0.200. The molecule has 2 aromatic heterocycles. The van der Waals surface area contributed by atoms with E-state index in [1.807, 2.05) is 42.1 Å². The van der Waals surface area contributed by atoms with E-state index in [0.717, 1.165) is 26.0 Å². The summed E-state index contributed by atoms with van der Waals surface area (Å²) in [4.78, 5) is 0. The molecule has 5 nitrogen and oxygen atoms in total. The number of rotatable bonds is 5. The number of benzene rings is 1. The lowest BCUT2D eigenvalue weighted by atomic mass is 10.1. The van der Waals surface area contributed by atoms with Crippen LogP contribution in [0.5, 0.6) is 0 Å². The maximum atomic E-state index is 12.2. The van der Waals surface area contributed by atoms with Gasteiger partial charge in [0, 0.05) is 25.3 Å². The monoisotopic (exact) mass is 414 g/mol. The molecule has 0 unspecified atom stereocenters. The lowest BCUT2D eigenvalue weighted by Gasteiger charge is -2.12. The Morgan fingerprint density at radius 3 is 2.78 bits per heavy atom. The number of aliphatic hydroxyl groups excluding tert-OH is 1. The number of aryl methyl sites for hydroxylation is 1. The maximum absolute atomic E-state index is 12.2. The Morgan fingerprint density at radius 2 is 2.09 bits per heavy atom. The van der Waals surface area contributed by atoms with Gasteiger partial charge in [0.1, 0.15) is 4.21 Å². The summed E-state index contributed by atoms with van der Waals surface area (Å²) in [5, 5.41) is 11.3. The van der Waals surface area contributed by atoms with Crippen molar-refractivity contribution in [3.05, 3.63) is 51.9 Å². The molecule has 2 N–H and O–H groups in total. The van der Waals surface area contributed by atoms with Crippen molar-refractivity contribution >= 4 is 48.2 Å². The minimum absolute atomic E-state index is 0.0732. The van der Waals surface area contributed by atoms with Crippen molar-refractivity contribution in [2.24, 2.45) is 7.05 Å². The molecular formula is C15H15BrN2O3S2. The van der Waals surface area contributed by atoms with Crippen molar-refractivity contribution < 1.29 is 13.5 Å². The van der Waals surface area contributed by atoms with E-state index in [2.05, 4.69) is 20.7 Å². The van der Waals surface area contributed by atoms with Gasteiger partial charge in [0.05, 0.1) is 9.89 Å². The van der Waals surface area contributed by atoms with Crippen molar-refractivity contribution in [2.75, 3.05) is 6.54 Å². The van der Waals surface area contributed by atoms with E-state index in [1.54, 1.807) is 6.07 Å². The summed E-state index contributed by atoms with van der Waals surface area (Å²) in [6.45, 7) is -0.0732. The van der Waals surface area contributed by atoms with Crippen LogP contribution in [0.3, 0.4) is 0 Å². The number of aromatic nitrogens is 1. The van der Waals surface area contributed by atoms with E-state index < -0.39 is 16.1 Å². The van der Waals surface area contributed by atoms with E-state index in [9.17, 15) is 13.5 Å². The first-order chi connectivity index (χ1) is 10.9. The van der Waals surface area contributed by atoms with E-state index >= 15 is 0 Å². The molecule has 2 heterocycles. The maximum Gasteiger partial charge on any atom is 0.250 e. The van der Waals surface area contributed by atoms with Crippen molar-refractivity contribution in [3.8, 4) is 0 Å². The van der Waals surface area contributed by atoms with E-state index in [-0.39, 0.29) is 10.8 Å². The van der Waals surface area contributed by atoms with Crippen LogP contribution in [-0.4, -0.2) is 24.6 Å². The third-order valence-corrected chi connectivity index (χ3v) is 7.11. The number of hydrogen-bond acceptors (Lipinski definition) is 4. The van der Waals surface area contributed by atoms with Crippen LogP contribution >= 0.6 is 27.3 Å². The molecule has 0 saturated heterocycles. The highest BCUT2D eigenvalue weighted by Crippen LogP contribution is 2.26. The first kappa shape index (κ1) is 16.7. The molecule has 8 heteroatoms. The Bertz CT molecular complexity index is 947. The molecule has 0 aliphatic rings. The number of sulfonamides is 1.